The monoisotopic (exact) mass is 369 g/mol. The molecule has 1 aromatic heterocycles. The van der Waals surface area contributed by atoms with Crippen molar-refractivity contribution in [1.82, 2.24) is 4.90 Å². The van der Waals surface area contributed by atoms with Crippen LogP contribution in [-0.2, 0) is 13.1 Å². The van der Waals surface area contributed by atoms with Gasteiger partial charge >= 0.3 is 0 Å². The minimum absolute atomic E-state index is 0.0571. The van der Waals surface area contributed by atoms with Gasteiger partial charge in [-0.15, -0.1) is 0 Å². The van der Waals surface area contributed by atoms with Crippen molar-refractivity contribution in [1.29, 1.82) is 0 Å². The van der Waals surface area contributed by atoms with E-state index in [1.807, 2.05) is 65.6 Å². The predicted molar refractivity (Wildman–Crippen MR) is 92.9 cm³/mol. The minimum Gasteiger partial charge on any atom is -0.457 e. The Morgan fingerprint density at radius 1 is 0.870 bits per heavy atom. The molecule has 1 heterocycles. The van der Waals surface area contributed by atoms with Gasteiger partial charge in [0.25, 0.3) is 5.91 Å². The molecule has 0 saturated carbocycles. The Morgan fingerprint density at radius 2 is 1.39 bits per heavy atom. The molecule has 0 aliphatic carbocycles. The van der Waals surface area contributed by atoms with Gasteiger partial charge in [-0.1, -0.05) is 60.7 Å². The van der Waals surface area contributed by atoms with Crippen LogP contribution in [0, 0.1) is 0 Å². The minimum atomic E-state index is -0.0571. The van der Waals surface area contributed by atoms with Gasteiger partial charge in [0.15, 0.2) is 4.67 Å². The Labute approximate surface area is 143 Å². The zero-order valence-electron chi connectivity index (χ0n) is 12.5. The smallest absolute Gasteiger partial charge is 0.258 e. The molecule has 0 radical (unpaired) electrons. The van der Waals surface area contributed by atoms with Gasteiger partial charge in [0.1, 0.15) is 0 Å². The number of benzene rings is 2. The van der Waals surface area contributed by atoms with Crippen LogP contribution in [-0.4, -0.2) is 10.8 Å². The average Bonchev–Trinajstić information content (AvgIpc) is 3.01. The summed E-state index contributed by atoms with van der Waals surface area (Å²) in [5, 5.41) is 0. The molecule has 3 rings (SSSR count). The summed E-state index contributed by atoms with van der Waals surface area (Å²) in [7, 11) is 0. The molecule has 0 fully saturated rings. The highest BCUT2D eigenvalue weighted by Crippen LogP contribution is 2.21. The lowest BCUT2D eigenvalue weighted by Crippen LogP contribution is -2.30. The van der Waals surface area contributed by atoms with Crippen molar-refractivity contribution in [2.75, 3.05) is 0 Å². The fourth-order valence-corrected chi connectivity index (χ4v) is 2.83. The predicted octanol–water partition coefficient (Wildman–Crippen LogP) is 4.88. The van der Waals surface area contributed by atoms with Gasteiger partial charge in [-0.25, -0.2) is 0 Å². The van der Waals surface area contributed by atoms with Crippen LogP contribution in [0.5, 0.6) is 0 Å². The van der Waals surface area contributed by atoms with Crippen molar-refractivity contribution in [3.63, 3.8) is 0 Å². The first-order valence-corrected chi connectivity index (χ1v) is 8.13. The number of hydrogen-bond acceptors (Lipinski definition) is 2. The van der Waals surface area contributed by atoms with Crippen molar-refractivity contribution in [2.24, 2.45) is 0 Å². The summed E-state index contributed by atoms with van der Waals surface area (Å²) in [5.41, 5.74) is 2.73. The molecule has 0 bridgehead atoms. The van der Waals surface area contributed by atoms with Crippen molar-refractivity contribution in [3.05, 3.63) is 94.4 Å². The first-order valence-electron chi connectivity index (χ1n) is 7.34. The Hall–Kier alpha value is -2.33. The number of hydrogen-bond donors (Lipinski definition) is 0. The lowest BCUT2D eigenvalue weighted by molar-refractivity contribution is 0.0728. The summed E-state index contributed by atoms with van der Waals surface area (Å²) in [6.07, 6.45) is 1.51. The van der Waals surface area contributed by atoms with Gasteiger partial charge in [0.2, 0.25) is 0 Å². The molecule has 3 nitrogen and oxygen atoms in total. The van der Waals surface area contributed by atoms with Crippen molar-refractivity contribution in [2.45, 2.75) is 13.1 Å². The zero-order chi connectivity index (χ0) is 16.1. The fourth-order valence-electron chi connectivity index (χ4n) is 2.42. The number of nitrogens with zero attached hydrogens (tertiary/aromatic N) is 1. The first kappa shape index (κ1) is 15.6. The van der Waals surface area contributed by atoms with E-state index in [9.17, 15) is 4.79 Å². The Bertz CT molecular complexity index is 727. The van der Waals surface area contributed by atoms with E-state index < -0.39 is 0 Å². The molecule has 3 aromatic rings. The maximum Gasteiger partial charge on any atom is 0.258 e. The SMILES string of the molecule is O=C(c1ccoc1Br)N(Cc1ccccc1)Cc1ccccc1. The summed E-state index contributed by atoms with van der Waals surface area (Å²) in [5.74, 6) is -0.0571. The van der Waals surface area contributed by atoms with Crippen LogP contribution < -0.4 is 0 Å². The van der Waals surface area contributed by atoms with Gasteiger partial charge in [0.05, 0.1) is 11.8 Å². The zero-order valence-corrected chi connectivity index (χ0v) is 14.1. The second kappa shape index (κ2) is 7.29. The molecule has 116 valence electrons. The molecular formula is C19H16BrNO2. The topological polar surface area (TPSA) is 33.5 Å². The van der Waals surface area contributed by atoms with E-state index in [0.29, 0.717) is 23.3 Å². The van der Waals surface area contributed by atoms with Gasteiger partial charge in [-0.3, -0.25) is 4.79 Å². The van der Waals surface area contributed by atoms with Gasteiger partial charge in [-0.05, 0) is 33.1 Å². The van der Waals surface area contributed by atoms with Crippen LogP contribution in [0.2, 0.25) is 0 Å². The maximum absolute atomic E-state index is 12.9. The largest absolute Gasteiger partial charge is 0.457 e. The highest BCUT2D eigenvalue weighted by atomic mass is 79.9. The third-order valence-electron chi connectivity index (χ3n) is 3.57. The number of rotatable bonds is 5. The summed E-state index contributed by atoms with van der Waals surface area (Å²) in [6, 6.07) is 21.6. The van der Waals surface area contributed by atoms with Crippen LogP contribution in [0.15, 0.2) is 82.1 Å². The normalized spacial score (nSPS) is 10.5. The van der Waals surface area contributed by atoms with Gasteiger partial charge < -0.3 is 9.32 Å². The number of furan rings is 1. The molecule has 4 heteroatoms. The highest BCUT2D eigenvalue weighted by molar-refractivity contribution is 9.10. The van der Waals surface area contributed by atoms with E-state index in [1.54, 1.807) is 6.07 Å². The lowest BCUT2D eigenvalue weighted by atomic mass is 10.1. The number of carbonyl (C=O) groups is 1. The summed E-state index contributed by atoms with van der Waals surface area (Å²) < 4.78 is 5.67. The van der Waals surface area contributed by atoms with Crippen LogP contribution in [0.4, 0.5) is 0 Å². The molecule has 0 aliphatic rings. The maximum atomic E-state index is 12.9. The third-order valence-corrected chi connectivity index (χ3v) is 4.18. The van der Waals surface area contributed by atoms with E-state index >= 15 is 0 Å². The van der Waals surface area contributed by atoms with Crippen molar-refractivity contribution >= 4 is 21.8 Å². The Kier molecular flexibility index (Phi) is 4.93. The molecule has 23 heavy (non-hydrogen) atoms. The molecule has 0 spiro atoms. The standard InChI is InChI=1S/C19H16BrNO2/c20-18-17(11-12-23-18)19(22)21(13-15-7-3-1-4-8-15)14-16-9-5-2-6-10-16/h1-12H,13-14H2. The molecule has 0 saturated heterocycles. The summed E-state index contributed by atoms with van der Waals surface area (Å²) in [4.78, 5) is 14.7. The second-order valence-electron chi connectivity index (χ2n) is 5.24. The average molecular weight is 370 g/mol. The molecule has 0 unspecified atom stereocenters. The number of carbonyl (C=O) groups excluding carboxylic acids is 1. The molecule has 2 aromatic carbocycles. The van der Waals surface area contributed by atoms with E-state index in [0.717, 1.165) is 11.1 Å². The third kappa shape index (κ3) is 3.90. The van der Waals surface area contributed by atoms with E-state index in [1.165, 1.54) is 6.26 Å². The molecule has 0 aliphatic heterocycles. The quantitative estimate of drug-likeness (QED) is 0.641. The lowest BCUT2D eigenvalue weighted by Gasteiger charge is -2.22. The molecular weight excluding hydrogens is 354 g/mol. The van der Waals surface area contributed by atoms with E-state index in [4.69, 9.17) is 4.42 Å². The summed E-state index contributed by atoms with van der Waals surface area (Å²) >= 11 is 3.29. The highest BCUT2D eigenvalue weighted by Gasteiger charge is 2.20. The summed E-state index contributed by atoms with van der Waals surface area (Å²) in [6.45, 7) is 1.10. The Morgan fingerprint density at radius 3 is 1.83 bits per heavy atom. The van der Waals surface area contributed by atoms with Crippen molar-refractivity contribution < 1.29 is 9.21 Å². The first-order chi connectivity index (χ1) is 11.2. The molecule has 0 N–H and O–H groups in total. The second-order valence-corrected chi connectivity index (χ2v) is 5.96. The van der Waals surface area contributed by atoms with Gasteiger partial charge in [0, 0.05) is 13.1 Å². The molecule has 1 amide bonds. The Balaban J connectivity index is 1.86. The van der Waals surface area contributed by atoms with Crippen LogP contribution in [0.1, 0.15) is 21.5 Å². The van der Waals surface area contributed by atoms with Gasteiger partial charge in [-0.2, -0.15) is 0 Å². The van der Waals surface area contributed by atoms with Crippen molar-refractivity contribution in [3.8, 4) is 0 Å². The molecule has 0 atom stereocenters. The van der Waals surface area contributed by atoms with E-state index in [2.05, 4.69) is 15.9 Å². The van der Waals surface area contributed by atoms with Crippen LogP contribution in [0.3, 0.4) is 0 Å². The van der Waals surface area contributed by atoms with E-state index in [-0.39, 0.29) is 5.91 Å². The number of amides is 1. The fraction of sp³-hybridized carbons (Fsp3) is 0.105. The number of halogens is 1. The van der Waals surface area contributed by atoms with Crippen LogP contribution >= 0.6 is 15.9 Å². The van der Waals surface area contributed by atoms with Crippen LogP contribution in [0.25, 0.3) is 0 Å².